The summed E-state index contributed by atoms with van der Waals surface area (Å²) >= 11 is 6.24. The molecule has 1 unspecified atom stereocenters. The quantitative estimate of drug-likeness (QED) is 0.835. The summed E-state index contributed by atoms with van der Waals surface area (Å²) in [5, 5.41) is 12.6. The van der Waals surface area contributed by atoms with Crippen LogP contribution in [0.5, 0.6) is 5.75 Å². The number of methoxy groups -OCH3 is 1. The first kappa shape index (κ1) is 17.1. The zero-order valence-corrected chi connectivity index (χ0v) is 15.5. The summed E-state index contributed by atoms with van der Waals surface area (Å²) in [6, 6.07) is 7.70. The lowest BCUT2D eigenvalue weighted by atomic mass is 9.72. The summed E-state index contributed by atoms with van der Waals surface area (Å²) in [4.78, 5) is 6.87. The number of fused-ring (bicyclic) bond motifs is 4. The first-order valence-corrected chi connectivity index (χ1v) is 9.54. The van der Waals surface area contributed by atoms with Gasteiger partial charge in [0.05, 0.1) is 18.7 Å². The molecule has 3 aliphatic heterocycles. The molecule has 3 saturated heterocycles. The fourth-order valence-corrected chi connectivity index (χ4v) is 4.96. The zero-order valence-electron chi connectivity index (χ0n) is 14.8. The van der Waals surface area contributed by atoms with Crippen LogP contribution in [-0.2, 0) is 0 Å². The Morgan fingerprint density at radius 2 is 2.24 bits per heavy atom. The number of piperidine rings is 3. The van der Waals surface area contributed by atoms with E-state index in [1.54, 1.807) is 7.11 Å². The van der Waals surface area contributed by atoms with E-state index in [1.165, 1.54) is 12.8 Å². The van der Waals surface area contributed by atoms with Crippen molar-refractivity contribution in [3.8, 4) is 5.75 Å². The Balaban J connectivity index is 1.71. The number of rotatable bonds is 4. The van der Waals surface area contributed by atoms with Crippen LogP contribution in [0.4, 0.5) is 0 Å². The summed E-state index contributed by atoms with van der Waals surface area (Å²) < 4.78 is 5.36. The van der Waals surface area contributed by atoms with Gasteiger partial charge in [0.25, 0.3) is 0 Å². The maximum Gasteiger partial charge on any atom is 0.130 e. The highest BCUT2D eigenvalue weighted by atomic mass is 35.5. The average molecular weight is 361 g/mol. The molecular weight excluding hydrogens is 336 g/mol. The van der Waals surface area contributed by atoms with Gasteiger partial charge in [0, 0.05) is 18.0 Å². The summed E-state index contributed by atoms with van der Waals surface area (Å²) in [7, 11) is 1.65. The molecule has 1 aromatic heterocycles. The molecule has 4 heterocycles. The third-order valence-electron chi connectivity index (χ3n) is 6.16. The Hall–Kier alpha value is -1.36. The molecule has 0 spiro atoms. The van der Waals surface area contributed by atoms with E-state index in [1.807, 2.05) is 24.3 Å². The number of hydrogen-bond donors (Lipinski definition) is 1. The van der Waals surface area contributed by atoms with E-state index in [4.69, 9.17) is 16.3 Å². The minimum Gasteiger partial charge on any atom is -0.497 e. The van der Waals surface area contributed by atoms with Crippen molar-refractivity contribution in [1.82, 2.24) is 9.88 Å². The number of benzene rings is 1. The van der Waals surface area contributed by atoms with Crippen LogP contribution < -0.4 is 4.74 Å². The molecule has 3 aliphatic rings. The molecule has 5 heteroatoms. The summed E-state index contributed by atoms with van der Waals surface area (Å²) in [5.74, 6) is 2.27. The Bertz CT molecular complexity index is 782. The molecule has 134 valence electrons. The van der Waals surface area contributed by atoms with Gasteiger partial charge in [-0.1, -0.05) is 24.9 Å². The van der Waals surface area contributed by atoms with Crippen LogP contribution in [0, 0.1) is 11.8 Å². The maximum absolute atomic E-state index is 11.2. The second kappa shape index (κ2) is 6.75. The van der Waals surface area contributed by atoms with Gasteiger partial charge in [-0.25, -0.2) is 4.98 Å². The highest BCUT2D eigenvalue weighted by molar-refractivity contribution is 6.30. The van der Waals surface area contributed by atoms with Gasteiger partial charge in [0.1, 0.15) is 10.9 Å². The number of aliphatic hydroxyl groups is 1. The number of ether oxygens (including phenoxy) is 1. The molecule has 0 aliphatic carbocycles. The largest absolute Gasteiger partial charge is 0.497 e. The highest BCUT2D eigenvalue weighted by Crippen LogP contribution is 2.43. The SMILES string of the molecule is CC[C@H]1CN2CC[C@@H]1C[C@@H]2[C@@H](O)c1cc(Cl)nc2ccc(OC)cc12. The minimum atomic E-state index is -0.560. The number of aliphatic hydroxyl groups excluding tert-OH is 1. The second-order valence-electron chi connectivity index (χ2n) is 7.38. The number of pyridine rings is 1. The van der Waals surface area contributed by atoms with E-state index in [9.17, 15) is 5.11 Å². The predicted molar refractivity (Wildman–Crippen MR) is 100 cm³/mol. The standard InChI is InChI=1S/C20H25ClN2O2/c1-3-12-11-23-7-6-13(12)8-18(23)20(24)16-10-19(21)22-17-5-4-14(25-2)9-15(16)17/h4-5,9-10,12-13,18,20,24H,3,6-8,11H2,1-2H3/t12-,13+,18+,20-/m0/s1. The van der Waals surface area contributed by atoms with Crippen molar-refractivity contribution in [3.05, 3.63) is 35.0 Å². The van der Waals surface area contributed by atoms with Crippen molar-refractivity contribution in [1.29, 1.82) is 0 Å². The van der Waals surface area contributed by atoms with Crippen molar-refractivity contribution in [3.63, 3.8) is 0 Å². The third-order valence-corrected chi connectivity index (χ3v) is 6.35. The van der Waals surface area contributed by atoms with E-state index in [-0.39, 0.29) is 6.04 Å². The van der Waals surface area contributed by atoms with E-state index in [2.05, 4.69) is 16.8 Å². The fraction of sp³-hybridized carbons (Fsp3) is 0.550. The fourth-order valence-electron chi connectivity index (χ4n) is 4.75. The zero-order chi connectivity index (χ0) is 17.6. The van der Waals surface area contributed by atoms with Gasteiger partial charge >= 0.3 is 0 Å². The van der Waals surface area contributed by atoms with Crippen molar-refractivity contribution in [2.75, 3.05) is 20.2 Å². The summed E-state index contributed by atoms with van der Waals surface area (Å²) in [6.45, 7) is 4.46. The number of halogens is 1. The lowest BCUT2D eigenvalue weighted by molar-refractivity contribution is -0.0562. The average Bonchev–Trinajstić information content (AvgIpc) is 2.66. The Morgan fingerprint density at radius 1 is 1.40 bits per heavy atom. The summed E-state index contributed by atoms with van der Waals surface area (Å²) in [6.07, 6.45) is 2.99. The lowest BCUT2D eigenvalue weighted by Gasteiger charge is -2.51. The monoisotopic (exact) mass is 360 g/mol. The van der Waals surface area contributed by atoms with Gasteiger partial charge in [-0.15, -0.1) is 0 Å². The third kappa shape index (κ3) is 3.01. The smallest absolute Gasteiger partial charge is 0.130 e. The van der Waals surface area contributed by atoms with E-state index >= 15 is 0 Å². The van der Waals surface area contributed by atoms with Gasteiger partial charge in [0.2, 0.25) is 0 Å². The Morgan fingerprint density at radius 3 is 2.92 bits per heavy atom. The van der Waals surface area contributed by atoms with Crippen LogP contribution in [0.15, 0.2) is 24.3 Å². The van der Waals surface area contributed by atoms with Crippen LogP contribution in [0.25, 0.3) is 10.9 Å². The van der Waals surface area contributed by atoms with Crippen molar-refractivity contribution in [2.24, 2.45) is 11.8 Å². The molecule has 5 rings (SSSR count). The molecule has 0 amide bonds. The topological polar surface area (TPSA) is 45.6 Å². The maximum atomic E-state index is 11.2. The van der Waals surface area contributed by atoms with Gasteiger partial charge in [0.15, 0.2) is 0 Å². The Kier molecular flexibility index (Phi) is 4.61. The van der Waals surface area contributed by atoms with Gasteiger partial charge in [-0.3, -0.25) is 4.90 Å². The van der Waals surface area contributed by atoms with Crippen molar-refractivity contribution in [2.45, 2.75) is 38.3 Å². The normalized spacial score (nSPS) is 29.8. The molecular formula is C20H25ClN2O2. The molecule has 25 heavy (non-hydrogen) atoms. The number of aromatic nitrogens is 1. The van der Waals surface area contributed by atoms with Gasteiger partial charge < -0.3 is 9.84 Å². The molecule has 0 radical (unpaired) electrons. The molecule has 4 nitrogen and oxygen atoms in total. The first-order valence-electron chi connectivity index (χ1n) is 9.17. The molecule has 5 atom stereocenters. The molecule has 2 aromatic rings. The molecule has 1 aromatic carbocycles. The Labute approximate surface area is 153 Å². The van der Waals surface area contributed by atoms with E-state index < -0.39 is 6.10 Å². The van der Waals surface area contributed by atoms with E-state index in [0.29, 0.717) is 5.15 Å². The predicted octanol–water partition coefficient (Wildman–Crippen LogP) is 4.05. The number of nitrogens with zero attached hydrogens (tertiary/aromatic N) is 2. The van der Waals surface area contributed by atoms with Crippen molar-refractivity contribution >= 4 is 22.5 Å². The highest BCUT2D eigenvalue weighted by Gasteiger charge is 2.42. The van der Waals surface area contributed by atoms with Gasteiger partial charge in [-0.2, -0.15) is 0 Å². The van der Waals surface area contributed by atoms with Crippen molar-refractivity contribution < 1.29 is 9.84 Å². The molecule has 1 N–H and O–H groups in total. The van der Waals surface area contributed by atoms with Crippen LogP contribution in [0.1, 0.15) is 37.9 Å². The molecule has 2 bridgehead atoms. The van der Waals surface area contributed by atoms with Crippen LogP contribution in [0.2, 0.25) is 5.15 Å². The molecule has 0 saturated carbocycles. The van der Waals surface area contributed by atoms with Crippen LogP contribution in [0.3, 0.4) is 0 Å². The van der Waals surface area contributed by atoms with Crippen LogP contribution >= 0.6 is 11.6 Å². The number of hydrogen-bond acceptors (Lipinski definition) is 4. The molecule has 3 fully saturated rings. The lowest BCUT2D eigenvalue weighted by Crippen LogP contribution is -2.55. The summed E-state index contributed by atoms with van der Waals surface area (Å²) in [5.41, 5.74) is 1.66. The first-order chi connectivity index (χ1) is 12.1. The van der Waals surface area contributed by atoms with Crippen LogP contribution in [-0.4, -0.2) is 41.2 Å². The minimum absolute atomic E-state index is 0.161. The van der Waals surface area contributed by atoms with Gasteiger partial charge in [-0.05, 0) is 61.1 Å². The van der Waals surface area contributed by atoms with E-state index in [0.717, 1.165) is 53.6 Å². The second-order valence-corrected chi connectivity index (χ2v) is 7.76.